The van der Waals surface area contributed by atoms with Crippen molar-refractivity contribution < 1.29 is 39.1 Å². The van der Waals surface area contributed by atoms with Crippen LogP contribution in [0.5, 0.6) is 5.75 Å². The third-order valence-corrected chi connectivity index (χ3v) is 3.36. The van der Waals surface area contributed by atoms with Gasteiger partial charge in [0.2, 0.25) is 0 Å². The monoisotopic (exact) mass is 302 g/mol. The van der Waals surface area contributed by atoms with Gasteiger partial charge in [0.05, 0.1) is 7.11 Å². The molecule has 1 N–H and O–H groups in total. The Labute approximate surface area is 144 Å². The summed E-state index contributed by atoms with van der Waals surface area (Å²) in [4.78, 5) is 11.8. The van der Waals surface area contributed by atoms with E-state index in [0.29, 0.717) is 11.4 Å². The molecule has 1 aromatic carbocycles. The van der Waals surface area contributed by atoms with Gasteiger partial charge in [0.1, 0.15) is 17.4 Å². The number of nitriles is 1. The van der Waals surface area contributed by atoms with E-state index in [9.17, 15) is 4.79 Å². The maximum absolute atomic E-state index is 11.8. The second kappa shape index (κ2) is 9.23. The van der Waals surface area contributed by atoms with Gasteiger partial charge in [-0.2, -0.15) is 17.0 Å². The third-order valence-electron chi connectivity index (χ3n) is 2.08. The number of carbonyl (C=O) groups is 1. The summed E-state index contributed by atoms with van der Waals surface area (Å²) in [5.41, 5.74) is 0.533. The number of carbonyl (C=O) groups excluding carboxylic acids is 1. The summed E-state index contributed by atoms with van der Waals surface area (Å²) < 4.78 is 5.29. The number of thioether (sulfide) groups is 1. The Balaban J connectivity index is 0.00000324. The first-order valence-corrected chi connectivity index (χ1v) is 6.56. The van der Waals surface area contributed by atoms with Crippen LogP contribution in [0.15, 0.2) is 34.1 Å². The van der Waals surface area contributed by atoms with Gasteiger partial charge in [0, 0.05) is 5.69 Å². The smallest absolute Gasteiger partial charge is 0.772 e. The van der Waals surface area contributed by atoms with Crippen LogP contribution in [0.1, 0.15) is 0 Å². The Hall–Kier alpha value is -0.710. The molecule has 19 heavy (non-hydrogen) atoms. The zero-order valence-corrected chi connectivity index (χ0v) is 14.5. The van der Waals surface area contributed by atoms with Crippen molar-refractivity contribution in [3.05, 3.63) is 34.1 Å². The molecule has 0 saturated heterocycles. The Kier molecular flexibility index (Phi) is 8.89. The maximum atomic E-state index is 11.8. The van der Waals surface area contributed by atoms with E-state index in [1.165, 1.54) is 11.8 Å². The number of anilines is 1. The van der Waals surface area contributed by atoms with Crippen LogP contribution in [-0.2, 0) is 17.4 Å². The molecule has 1 amide bonds. The normalized spacial score (nSPS) is 10.6. The number of rotatable bonds is 4. The van der Waals surface area contributed by atoms with Crippen molar-refractivity contribution in [1.29, 1.82) is 5.26 Å². The van der Waals surface area contributed by atoms with Crippen molar-refractivity contribution in [1.82, 2.24) is 0 Å². The topological polar surface area (TPSA) is 62.1 Å². The van der Waals surface area contributed by atoms with Crippen molar-refractivity contribution in [2.24, 2.45) is 0 Å². The van der Waals surface area contributed by atoms with E-state index in [-0.39, 0.29) is 39.4 Å². The van der Waals surface area contributed by atoms with Crippen molar-refractivity contribution in [2.45, 2.75) is 0 Å². The van der Waals surface area contributed by atoms with Crippen LogP contribution >= 0.6 is 11.8 Å². The Morgan fingerprint density at radius 3 is 2.42 bits per heavy atom. The molecule has 4 nitrogen and oxygen atoms in total. The van der Waals surface area contributed by atoms with Gasteiger partial charge >= 0.3 is 29.6 Å². The van der Waals surface area contributed by atoms with Gasteiger partial charge in [0.15, 0.2) is 0 Å². The summed E-state index contributed by atoms with van der Waals surface area (Å²) in [6.45, 7) is 0. The Morgan fingerprint density at radius 1 is 1.42 bits per heavy atom. The number of hydrogen-bond acceptors (Lipinski definition) is 5. The van der Waals surface area contributed by atoms with Gasteiger partial charge in [-0.3, -0.25) is 4.79 Å². The molecule has 0 spiro atoms. The summed E-state index contributed by atoms with van der Waals surface area (Å²) in [7, 11) is 1.56. The van der Waals surface area contributed by atoms with E-state index in [1.807, 2.05) is 6.07 Å². The van der Waals surface area contributed by atoms with Crippen molar-refractivity contribution in [2.75, 3.05) is 18.7 Å². The van der Waals surface area contributed by atoms with Gasteiger partial charge in [-0.15, -0.1) is 4.24 Å². The molecular formula is C12H11N2NaO2S2. The summed E-state index contributed by atoms with van der Waals surface area (Å²) in [5.74, 6) is 0.194. The second-order valence-electron chi connectivity index (χ2n) is 3.16. The first-order chi connectivity index (χ1) is 8.62. The van der Waals surface area contributed by atoms with Crippen molar-refractivity contribution in [3.63, 3.8) is 0 Å². The minimum Gasteiger partial charge on any atom is -0.772 e. The maximum Gasteiger partial charge on any atom is 1.00 e. The number of ether oxygens (including phenoxy) is 1. The van der Waals surface area contributed by atoms with E-state index in [0.717, 1.165) is 0 Å². The quantitative estimate of drug-likeness (QED) is 0.344. The summed E-state index contributed by atoms with van der Waals surface area (Å²) >= 11 is 6.12. The molecule has 0 aliphatic carbocycles. The van der Waals surface area contributed by atoms with E-state index >= 15 is 0 Å². The SMILES string of the molecule is COc1ccc(NC(=O)/C(C#N)=C(\[S-])SC)cc1.[Na+]. The number of nitrogens with zero attached hydrogens (tertiary/aromatic N) is 1. The molecule has 0 aliphatic rings. The van der Waals surface area contributed by atoms with Gasteiger partial charge < -0.3 is 22.7 Å². The van der Waals surface area contributed by atoms with E-state index < -0.39 is 5.91 Å². The summed E-state index contributed by atoms with van der Waals surface area (Å²) in [6, 6.07) is 8.62. The standard InChI is InChI=1S/C12H12N2O2S2.Na/c1-16-9-5-3-8(4-6-9)14-11(15)10(7-13)12(17)18-2;/h3-6,17H,1-2H3,(H,14,15);/q;+1/p-1/b12-10+;. The fourth-order valence-corrected chi connectivity index (χ4v) is 1.64. The molecule has 7 heteroatoms. The zero-order chi connectivity index (χ0) is 13.5. The van der Waals surface area contributed by atoms with Crippen LogP contribution in [0.25, 0.3) is 0 Å². The molecule has 0 atom stereocenters. The molecule has 0 fully saturated rings. The predicted molar refractivity (Wildman–Crippen MR) is 75.1 cm³/mol. The Morgan fingerprint density at radius 2 is 2.00 bits per heavy atom. The fourth-order valence-electron chi connectivity index (χ4n) is 1.16. The number of benzene rings is 1. The fraction of sp³-hybridized carbons (Fsp3) is 0.167. The van der Waals surface area contributed by atoms with Crippen LogP contribution < -0.4 is 39.6 Å². The summed E-state index contributed by atoms with van der Waals surface area (Å²) in [5, 5.41) is 11.5. The molecular weight excluding hydrogens is 291 g/mol. The number of methoxy groups -OCH3 is 1. The largest absolute Gasteiger partial charge is 1.00 e. The van der Waals surface area contributed by atoms with Crippen LogP contribution in [-0.4, -0.2) is 19.3 Å². The first kappa shape index (κ1) is 18.3. The van der Waals surface area contributed by atoms with Crippen LogP contribution in [0, 0.1) is 11.3 Å². The molecule has 0 aromatic heterocycles. The number of amides is 1. The average Bonchev–Trinajstić information content (AvgIpc) is 2.40. The van der Waals surface area contributed by atoms with Crippen LogP contribution in [0.3, 0.4) is 0 Å². The molecule has 0 heterocycles. The molecule has 0 radical (unpaired) electrons. The van der Waals surface area contributed by atoms with Crippen molar-refractivity contribution in [3.8, 4) is 11.8 Å². The third kappa shape index (κ3) is 5.43. The van der Waals surface area contributed by atoms with Crippen LogP contribution in [0.2, 0.25) is 0 Å². The van der Waals surface area contributed by atoms with Crippen molar-refractivity contribution >= 4 is 36.0 Å². The van der Waals surface area contributed by atoms with E-state index in [2.05, 4.69) is 5.32 Å². The van der Waals surface area contributed by atoms with Gasteiger partial charge in [-0.05, 0) is 30.5 Å². The Bertz CT molecular complexity index is 509. The van der Waals surface area contributed by atoms with Crippen LogP contribution in [0.4, 0.5) is 5.69 Å². The molecule has 1 aromatic rings. The first-order valence-electron chi connectivity index (χ1n) is 4.93. The van der Waals surface area contributed by atoms with E-state index in [1.54, 1.807) is 37.6 Å². The van der Waals surface area contributed by atoms with Gasteiger partial charge in [-0.25, -0.2) is 0 Å². The number of nitrogens with one attached hydrogen (secondary N) is 1. The molecule has 0 aliphatic heterocycles. The minimum atomic E-state index is -0.498. The minimum absolute atomic E-state index is 0. The van der Waals surface area contributed by atoms with Gasteiger partial charge in [-0.1, -0.05) is 0 Å². The van der Waals surface area contributed by atoms with Gasteiger partial charge in [0.25, 0.3) is 5.91 Å². The average molecular weight is 302 g/mol. The van der Waals surface area contributed by atoms with E-state index in [4.69, 9.17) is 22.6 Å². The number of hydrogen-bond donors (Lipinski definition) is 1. The predicted octanol–water partition coefficient (Wildman–Crippen LogP) is -0.717. The molecule has 0 bridgehead atoms. The zero-order valence-electron chi connectivity index (χ0n) is 10.9. The molecule has 94 valence electrons. The second-order valence-corrected chi connectivity index (χ2v) is 4.64. The molecule has 0 unspecified atom stereocenters. The summed E-state index contributed by atoms with van der Waals surface area (Å²) in [6.07, 6.45) is 1.72. The molecule has 1 rings (SSSR count). The molecule has 0 saturated carbocycles.